The van der Waals surface area contributed by atoms with Crippen LogP contribution in [0.3, 0.4) is 0 Å². The molecule has 0 radical (unpaired) electrons. The summed E-state index contributed by atoms with van der Waals surface area (Å²) in [6, 6.07) is 10.5. The number of carbonyl (C=O) groups is 1. The second-order valence-electron chi connectivity index (χ2n) is 6.91. The van der Waals surface area contributed by atoms with Gasteiger partial charge in [-0.1, -0.05) is 18.2 Å². The highest BCUT2D eigenvalue weighted by Crippen LogP contribution is 2.32. The first-order chi connectivity index (χ1) is 13.8. The average molecular weight is 401 g/mol. The molecule has 3 aromatic rings. The first-order valence-electron chi connectivity index (χ1n) is 8.97. The number of fused-ring (bicyclic) bond motifs is 1. The van der Waals surface area contributed by atoms with Crippen molar-refractivity contribution in [3.63, 3.8) is 0 Å². The number of rotatable bonds is 3. The van der Waals surface area contributed by atoms with Crippen LogP contribution in [-0.4, -0.2) is 22.3 Å². The van der Waals surface area contributed by atoms with Gasteiger partial charge in [-0.05, 0) is 35.4 Å². The Morgan fingerprint density at radius 2 is 1.83 bits per heavy atom. The molecule has 2 heterocycles. The molecule has 1 aromatic heterocycles. The van der Waals surface area contributed by atoms with Crippen LogP contribution in [0.4, 0.5) is 18.9 Å². The van der Waals surface area contributed by atoms with Crippen molar-refractivity contribution in [1.82, 2.24) is 9.78 Å². The summed E-state index contributed by atoms with van der Waals surface area (Å²) in [5, 5.41) is 4.17. The van der Waals surface area contributed by atoms with Crippen LogP contribution in [0.15, 0.2) is 54.9 Å². The van der Waals surface area contributed by atoms with Crippen molar-refractivity contribution in [3.05, 3.63) is 71.5 Å². The minimum atomic E-state index is -4.39. The van der Waals surface area contributed by atoms with E-state index in [1.165, 1.54) is 12.1 Å². The Bertz CT molecular complexity index is 1040. The molecule has 29 heavy (non-hydrogen) atoms. The molecule has 5 nitrogen and oxygen atoms in total. The molecule has 0 N–H and O–H groups in total. The Labute approximate surface area is 165 Å². The fraction of sp³-hybridized carbons (Fsp3) is 0.238. The van der Waals surface area contributed by atoms with Gasteiger partial charge in [-0.2, -0.15) is 18.3 Å². The van der Waals surface area contributed by atoms with E-state index >= 15 is 0 Å². The number of halogens is 3. The maximum absolute atomic E-state index is 12.8. The van der Waals surface area contributed by atoms with Crippen LogP contribution in [0.1, 0.15) is 16.7 Å². The van der Waals surface area contributed by atoms with Crippen molar-refractivity contribution in [2.45, 2.75) is 19.3 Å². The third-order valence-corrected chi connectivity index (χ3v) is 4.81. The van der Waals surface area contributed by atoms with E-state index in [4.69, 9.17) is 4.74 Å². The van der Waals surface area contributed by atoms with Crippen LogP contribution >= 0.6 is 0 Å². The van der Waals surface area contributed by atoms with Gasteiger partial charge in [-0.15, -0.1) is 0 Å². The molecule has 1 aliphatic rings. The molecule has 1 aliphatic heterocycles. The van der Waals surface area contributed by atoms with Gasteiger partial charge >= 0.3 is 6.18 Å². The zero-order chi connectivity index (χ0) is 20.6. The van der Waals surface area contributed by atoms with Gasteiger partial charge in [-0.3, -0.25) is 9.48 Å². The number of carbonyl (C=O) groups excluding carboxylic acids is 1. The van der Waals surface area contributed by atoms with Crippen LogP contribution in [0, 0.1) is 0 Å². The largest absolute Gasteiger partial charge is 0.416 e. The Kier molecular flexibility index (Phi) is 4.87. The van der Waals surface area contributed by atoms with Gasteiger partial charge < -0.3 is 9.64 Å². The van der Waals surface area contributed by atoms with Gasteiger partial charge in [0.2, 0.25) is 0 Å². The molecule has 0 spiro atoms. The van der Waals surface area contributed by atoms with E-state index in [1.54, 1.807) is 15.8 Å². The summed E-state index contributed by atoms with van der Waals surface area (Å²) in [6.45, 7) is 0.357. The third kappa shape index (κ3) is 4.02. The molecular formula is C21H18F3N3O2. The number of nitrogens with zero attached hydrogens (tertiary/aromatic N) is 3. The van der Waals surface area contributed by atoms with Gasteiger partial charge in [0.25, 0.3) is 5.91 Å². The molecule has 0 atom stereocenters. The normalized spacial score (nSPS) is 14.6. The summed E-state index contributed by atoms with van der Waals surface area (Å²) >= 11 is 0. The fourth-order valence-corrected chi connectivity index (χ4v) is 3.33. The van der Waals surface area contributed by atoms with Gasteiger partial charge in [0.15, 0.2) is 0 Å². The maximum Gasteiger partial charge on any atom is 0.416 e. The van der Waals surface area contributed by atoms with Crippen LogP contribution in [0.2, 0.25) is 0 Å². The smallest absolute Gasteiger partial charge is 0.367 e. The SMILES string of the molecule is Cn1cc(-c2ccc3c(c2)COCC(=O)N3Cc2ccc(C(F)(F)F)cc2)cn1. The molecule has 0 aliphatic carbocycles. The third-order valence-electron chi connectivity index (χ3n) is 4.81. The predicted octanol–water partition coefficient (Wildman–Crippen LogP) is 4.17. The number of aromatic nitrogens is 2. The Morgan fingerprint density at radius 1 is 1.07 bits per heavy atom. The lowest BCUT2D eigenvalue weighted by Crippen LogP contribution is -2.32. The fourth-order valence-electron chi connectivity index (χ4n) is 3.33. The van der Waals surface area contributed by atoms with Crippen molar-refractivity contribution in [2.24, 2.45) is 7.05 Å². The highest BCUT2D eigenvalue weighted by molar-refractivity contribution is 5.95. The predicted molar refractivity (Wildman–Crippen MR) is 101 cm³/mol. The number of amides is 1. The Hall–Kier alpha value is -3.13. The summed E-state index contributed by atoms with van der Waals surface area (Å²) in [5.41, 5.74) is 3.32. The monoisotopic (exact) mass is 401 g/mol. The van der Waals surface area contributed by atoms with Crippen LogP contribution < -0.4 is 4.90 Å². The molecule has 0 bridgehead atoms. The summed E-state index contributed by atoms with van der Waals surface area (Å²) in [7, 11) is 1.83. The van der Waals surface area contributed by atoms with Crippen molar-refractivity contribution in [2.75, 3.05) is 11.5 Å². The Morgan fingerprint density at radius 3 is 2.48 bits per heavy atom. The van der Waals surface area contributed by atoms with Gasteiger partial charge in [0.05, 0.1) is 24.9 Å². The summed E-state index contributed by atoms with van der Waals surface area (Å²) in [4.78, 5) is 14.1. The number of hydrogen-bond donors (Lipinski definition) is 0. The van der Waals surface area contributed by atoms with Crippen molar-refractivity contribution >= 4 is 11.6 Å². The van der Waals surface area contributed by atoms with Crippen molar-refractivity contribution in [1.29, 1.82) is 0 Å². The van der Waals surface area contributed by atoms with E-state index < -0.39 is 11.7 Å². The quantitative estimate of drug-likeness (QED) is 0.662. The molecule has 0 saturated heterocycles. The molecule has 2 aromatic carbocycles. The summed E-state index contributed by atoms with van der Waals surface area (Å²) in [6.07, 6.45) is -0.741. The van der Waals surface area contributed by atoms with E-state index in [9.17, 15) is 18.0 Å². The molecule has 0 saturated carbocycles. The molecule has 1 amide bonds. The topological polar surface area (TPSA) is 47.4 Å². The van der Waals surface area contributed by atoms with Gasteiger partial charge in [0.1, 0.15) is 6.61 Å². The van der Waals surface area contributed by atoms with Crippen molar-refractivity contribution < 1.29 is 22.7 Å². The highest BCUT2D eigenvalue weighted by Gasteiger charge is 2.30. The van der Waals surface area contributed by atoms with Gasteiger partial charge in [-0.25, -0.2) is 0 Å². The lowest BCUT2D eigenvalue weighted by atomic mass is 10.0. The van der Waals surface area contributed by atoms with Crippen LogP contribution in [0.25, 0.3) is 11.1 Å². The number of ether oxygens (including phenoxy) is 1. The number of hydrogen-bond acceptors (Lipinski definition) is 3. The first kappa shape index (κ1) is 19.2. The standard InChI is InChI=1S/C21H18F3N3O2/c1-26-11-17(9-25-26)15-4-7-19-16(8-15)12-29-13-20(28)27(19)10-14-2-5-18(6-3-14)21(22,23)24/h2-9,11H,10,12-13H2,1H3. The Balaban J connectivity index is 1.64. The zero-order valence-corrected chi connectivity index (χ0v) is 15.6. The number of benzene rings is 2. The molecule has 8 heteroatoms. The lowest BCUT2D eigenvalue weighted by Gasteiger charge is -2.23. The van der Waals surface area contributed by atoms with E-state index in [0.29, 0.717) is 11.3 Å². The number of anilines is 1. The molecule has 0 fully saturated rings. The molecular weight excluding hydrogens is 383 g/mol. The number of aryl methyl sites for hydroxylation is 1. The zero-order valence-electron chi connectivity index (χ0n) is 15.6. The summed E-state index contributed by atoms with van der Waals surface area (Å²) < 4.78 is 45.6. The van der Waals surface area contributed by atoms with E-state index in [2.05, 4.69) is 5.10 Å². The number of alkyl halides is 3. The first-order valence-corrected chi connectivity index (χ1v) is 8.97. The summed E-state index contributed by atoms with van der Waals surface area (Å²) in [5.74, 6) is -0.238. The maximum atomic E-state index is 12.8. The van der Waals surface area contributed by atoms with E-state index in [1.807, 2.05) is 31.4 Å². The average Bonchev–Trinajstić information content (AvgIpc) is 3.05. The highest BCUT2D eigenvalue weighted by atomic mass is 19.4. The molecule has 150 valence electrons. The van der Waals surface area contributed by atoms with E-state index in [0.717, 1.165) is 28.8 Å². The van der Waals surface area contributed by atoms with Gasteiger partial charge in [0, 0.05) is 30.1 Å². The van der Waals surface area contributed by atoms with Crippen LogP contribution in [0.5, 0.6) is 0 Å². The second-order valence-corrected chi connectivity index (χ2v) is 6.91. The lowest BCUT2D eigenvalue weighted by molar-refractivity contribution is -0.137. The molecule has 4 rings (SSSR count). The van der Waals surface area contributed by atoms with E-state index in [-0.39, 0.29) is 25.7 Å². The minimum Gasteiger partial charge on any atom is -0.367 e. The van der Waals surface area contributed by atoms with Crippen LogP contribution in [-0.2, 0) is 35.9 Å². The molecule has 0 unspecified atom stereocenters. The van der Waals surface area contributed by atoms with Crippen molar-refractivity contribution in [3.8, 4) is 11.1 Å². The minimum absolute atomic E-state index is 0.0858. The second kappa shape index (κ2) is 7.36.